The van der Waals surface area contributed by atoms with Gasteiger partial charge in [-0.1, -0.05) is 44.9 Å². The van der Waals surface area contributed by atoms with Gasteiger partial charge in [0.05, 0.1) is 6.61 Å². The molecule has 2 rings (SSSR count). The van der Waals surface area contributed by atoms with Gasteiger partial charge in [0.25, 0.3) is 0 Å². The number of anilines is 1. The van der Waals surface area contributed by atoms with Gasteiger partial charge in [-0.3, -0.25) is 0 Å². The van der Waals surface area contributed by atoms with Gasteiger partial charge in [-0.25, -0.2) is 4.79 Å². The molecule has 0 spiro atoms. The Morgan fingerprint density at radius 2 is 2.10 bits per heavy atom. The van der Waals surface area contributed by atoms with E-state index >= 15 is 0 Å². The molecule has 1 saturated carbocycles. The summed E-state index contributed by atoms with van der Waals surface area (Å²) in [4.78, 5) is 12.7. The first-order chi connectivity index (χ1) is 10.0. The van der Waals surface area contributed by atoms with Crippen molar-refractivity contribution >= 4 is 11.7 Å². The number of hydrogen-bond donors (Lipinski definition) is 1. The summed E-state index contributed by atoms with van der Waals surface area (Å²) < 4.78 is 5.41. The van der Waals surface area contributed by atoms with Crippen molar-refractivity contribution in [2.75, 3.05) is 11.9 Å². The summed E-state index contributed by atoms with van der Waals surface area (Å²) in [6.07, 6.45) is 3.08. The van der Waals surface area contributed by atoms with E-state index in [4.69, 9.17) is 4.74 Å². The second-order valence-corrected chi connectivity index (χ2v) is 6.29. The summed E-state index contributed by atoms with van der Waals surface area (Å²) in [5.74, 6) is 0.664. The van der Waals surface area contributed by atoms with Crippen molar-refractivity contribution in [2.24, 2.45) is 11.8 Å². The fraction of sp³-hybridized carbons (Fsp3) is 0.611. The molecule has 1 N–H and O–H groups in total. The summed E-state index contributed by atoms with van der Waals surface area (Å²) in [6, 6.07) is 8.13. The maximum atomic E-state index is 12.7. The number of ether oxygens (including phenoxy) is 1. The fourth-order valence-electron chi connectivity index (χ4n) is 3.39. The van der Waals surface area contributed by atoms with Gasteiger partial charge in [0.15, 0.2) is 0 Å². The van der Waals surface area contributed by atoms with E-state index in [-0.39, 0.29) is 11.9 Å². The Balaban J connectivity index is 2.36. The number of carbonyl (C=O) groups excluding carboxylic acids is 1. The number of rotatable bonds is 4. The van der Waals surface area contributed by atoms with Gasteiger partial charge in [0.2, 0.25) is 0 Å². The predicted molar refractivity (Wildman–Crippen MR) is 86.3 cm³/mol. The molecule has 21 heavy (non-hydrogen) atoms. The Bertz CT molecular complexity index is 500. The highest BCUT2D eigenvalue weighted by Gasteiger charge is 2.48. The average Bonchev–Trinajstić information content (AvgIpc) is 2.46. The first-order valence-electron chi connectivity index (χ1n) is 8.02. The van der Waals surface area contributed by atoms with Crippen LogP contribution in [0.3, 0.4) is 0 Å². The molecule has 3 heteroatoms. The van der Waals surface area contributed by atoms with E-state index in [2.05, 4.69) is 32.2 Å². The van der Waals surface area contributed by atoms with Gasteiger partial charge in [0, 0.05) is 5.69 Å². The average molecular weight is 289 g/mol. The van der Waals surface area contributed by atoms with Crippen molar-refractivity contribution in [3.63, 3.8) is 0 Å². The summed E-state index contributed by atoms with van der Waals surface area (Å²) in [6.45, 7) is 8.77. The van der Waals surface area contributed by atoms with Gasteiger partial charge < -0.3 is 10.1 Å². The molecular formula is C18H27NO2. The lowest BCUT2D eigenvalue weighted by molar-refractivity contribution is -0.152. The molecule has 0 aromatic heterocycles. The van der Waals surface area contributed by atoms with Crippen LogP contribution in [0.2, 0.25) is 0 Å². The van der Waals surface area contributed by atoms with Crippen molar-refractivity contribution < 1.29 is 9.53 Å². The zero-order chi connectivity index (χ0) is 15.5. The smallest absolute Gasteiger partial charge is 0.332 e. The Hall–Kier alpha value is -1.51. The van der Waals surface area contributed by atoms with Crippen LogP contribution in [0.1, 0.15) is 45.6 Å². The van der Waals surface area contributed by atoms with Crippen LogP contribution in [0.25, 0.3) is 0 Å². The molecule has 0 saturated heterocycles. The monoisotopic (exact) mass is 289 g/mol. The maximum absolute atomic E-state index is 12.7. The van der Waals surface area contributed by atoms with E-state index in [0.717, 1.165) is 24.1 Å². The van der Waals surface area contributed by atoms with Crippen molar-refractivity contribution in [1.82, 2.24) is 0 Å². The topological polar surface area (TPSA) is 38.3 Å². The van der Waals surface area contributed by atoms with Crippen LogP contribution >= 0.6 is 0 Å². The van der Waals surface area contributed by atoms with Gasteiger partial charge >= 0.3 is 5.97 Å². The molecule has 0 amide bonds. The molecule has 0 bridgehead atoms. The van der Waals surface area contributed by atoms with E-state index in [1.54, 1.807) is 0 Å². The normalized spacial score (nSPS) is 29.0. The molecule has 3 nitrogen and oxygen atoms in total. The zero-order valence-corrected chi connectivity index (χ0v) is 13.6. The Kier molecular flexibility index (Phi) is 4.92. The lowest BCUT2D eigenvalue weighted by Gasteiger charge is -2.45. The maximum Gasteiger partial charge on any atom is 0.332 e. The summed E-state index contributed by atoms with van der Waals surface area (Å²) in [5.41, 5.74) is 1.60. The summed E-state index contributed by atoms with van der Waals surface area (Å²) >= 11 is 0. The fourth-order valence-corrected chi connectivity index (χ4v) is 3.39. The van der Waals surface area contributed by atoms with Gasteiger partial charge in [-0.15, -0.1) is 0 Å². The molecule has 1 aliphatic rings. The highest BCUT2D eigenvalue weighted by Crippen LogP contribution is 2.41. The number of esters is 1. The molecule has 1 aromatic rings. The molecule has 0 aliphatic heterocycles. The van der Waals surface area contributed by atoms with Crippen LogP contribution in [-0.4, -0.2) is 18.1 Å². The van der Waals surface area contributed by atoms with Crippen molar-refractivity contribution in [3.05, 3.63) is 29.8 Å². The number of hydrogen-bond acceptors (Lipinski definition) is 3. The van der Waals surface area contributed by atoms with Crippen LogP contribution in [0, 0.1) is 18.8 Å². The molecule has 3 unspecified atom stereocenters. The number of aryl methyl sites for hydroxylation is 1. The molecule has 116 valence electrons. The van der Waals surface area contributed by atoms with E-state index in [0.29, 0.717) is 12.5 Å². The SMILES string of the molecule is CCOC(=O)C1(Nc2ccccc2C)CCCC(C)C1C. The quantitative estimate of drug-likeness (QED) is 0.846. The van der Waals surface area contributed by atoms with Gasteiger partial charge in [-0.05, 0) is 43.7 Å². The van der Waals surface area contributed by atoms with Crippen LogP contribution in [0.5, 0.6) is 0 Å². The zero-order valence-electron chi connectivity index (χ0n) is 13.6. The van der Waals surface area contributed by atoms with Crippen molar-refractivity contribution in [1.29, 1.82) is 0 Å². The predicted octanol–water partition coefficient (Wildman–Crippen LogP) is 4.16. The molecule has 3 atom stereocenters. The largest absolute Gasteiger partial charge is 0.464 e. The third-order valence-electron chi connectivity index (χ3n) is 5.00. The molecule has 0 radical (unpaired) electrons. The first kappa shape index (κ1) is 15.9. The van der Waals surface area contributed by atoms with E-state index in [1.165, 1.54) is 6.42 Å². The lowest BCUT2D eigenvalue weighted by Crippen LogP contribution is -2.56. The van der Waals surface area contributed by atoms with Gasteiger partial charge in [0.1, 0.15) is 5.54 Å². The number of para-hydroxylation sites is 1. The van der Waals surface area contributed by atoms with E-state index in [9.17, 15) is 4.79 Å². The molecule has 1 aliphatic carbocycles. The highest BCUT2D eigenvalue weighted by atomic mass is 16.5. The summed E-state index contributed by atoms with van der Waals surface area (Å²) in [7, 11) is 0. The van der Waals surface area contributed by atoms with Gasteiger partial charge in [-0.2, -0.15) is 0 Å². The number of nitrogens with one attached hydrogen (secondary N) is 1. The lowest BCUT2D eigenvalue weighted by atomic mass is 9.68. The second kappa shape index (κ2) is 6.50. The van der Waals surface area contributed by atoms with Crippen LogP contribution < -0.4 is 5.32 Å². The Morgan fingerprint density at radius 3 is 2.76 bits per heavy atom. The minimum absolute atomic E-state index is 0.104. The van der Waals surface area contributed by atoms with E-state index in [1.807, 2.05) is 25.1 Å². The highest BCUT2D eigenvalue weighted by molar-refractivity contribution is 5.85. The Labute approximate surface area is 128 Å². The second-order valence-electron chi connectivity index (χ2n) is 6.29. The van der Waals surface area contributed by atoms with Crippen molar-refractivity contribution in [3.8, 4) is 0 Å². The molecule has 1 fully saturated rings. The number of carbonyl (C=O) groups is 1. The summed E-state index contributed by atoms with van der Waals surface area (Å²) in [5, 5.41) is 3.55. The van der Waals surface area contributed by atoms with Crippen LogP contribution in [0.4, 0.5) is 5.69 Å². The van der Waals surface area contributed by atoms with Crippen molar-refractivity contribution in [2.45, 2.75) is 52.5 Å². The molecule has 0 heterocycles. The minimum atomic E-state index is -0.597. The third kappa shape index (κ3) is 3.07. The Morgan fingerprint density at radius 1 is 1.38 bits per heavy atom. The van der Waals surface area contributed by atoms with Crippen LogP contribution in [0.15, 0.2) is 24.3 Å². The molecular weight excluding hydrogens is 262 g/mol. The minimum Gasteiger partial charge on any atom is -0.464 e. The van der Waals surface area contributed by atoms with E-state index < -0.39 is 5.54 Å². The third-order valence-corrected chi connectivity index (χ3v) is 5.00. The first-order valence-corrected chi connectivity index (χ1v) is 8.02. The standard InChI is InChI=1S/C18H27NO2/c1-5-21-17(20)18(12-8-10-13(2)15(18)4)19-16-11-7-6-9-14(16)3/h6-7,9,11,13,15,19H,5,8,10,12H2,1-4H3. The van der Waals surface area contributed by atoms with Crippen LogP contribution in [-0.2, 0) is 9.53 Å². The molecule has 1 aromatic carbocycles. The number of benzene rings is 1.